The molecule has 1 aromatic carbocycles. The van der Waals surface area contributed by atoms with Crippen LogP contribution in [0.15, 0.2) is 54.6 Å². The summed E-state index contributed by atoms with van der Waals surface area (Å²) < 4.78 is 24.8. The summed E-state index contributed by atoms with van der Waals surface area (Å²) in [6.45, 7) is 1.47. The number of carbonyl (C=O) groups excluding carboxylic acids is 1. The highest BCUT2D eigenvalue weighted by Gasteiger charge is 2.42. The molecule has 1 N–H and O–H groups in total. The highest BCUT2D eigenvalue weighted by Crippen LogP contribution is 2.37. The normalized spacial score (nSPS) is 27.7. The Hall–Kier alpha value is -2.72. The molecule has 3 fully saturated rings. The molecule has 6 atom stereocenters. The number of aromatic amines is 1. The third-order valence-corrected chi connectivity index (χ3v) is 8.46. The molecule has 42 heavy (non-hydrogen) atoms. The van der Waals surface area contributed by atoms with Crippen molar-refractivity contribution in [2.24, 2.45) is 11.8 Å². The number of aryl methyl sites for hydroxylation is 2. The second kappa shape index (κ2) is 16.8. The van der Waals surface area contributed by atoms with Gasteiger partial charge in [0.25, 0.3) is 0 Å². The zero-order valence-electron chi connectivity index (χ0n) is 24.6. The first-order valence-electron chi connectivity index (χ1n) is 15.9. The second-order valence-corrected chi connectivity index (χ2v) is 11.6. The standard InChI is InChI=1S/C33H46N4O5/c38-29-24-30(42-33-17-9-11-23-40-33)28(27(29)14-6-1-2-7-15-31-34-36-37-35-31)21-20-26(41-32-16-8-10-22-39-32)19-18-25-12-4-3-5-13-25/h1,3-6,12-13,20-21,26-28,30,32-33H,2,7-11,14-19,22-24H2,(H,34,35,36,37). The average molecular weight is 579 g/mol. The molecule has 9 nitrogen and oxygen atoms in total. The summed E-state index contributed by atoms with van der Waals surface area (Å²) in [5.41, 5.74) is 1.29. The lowest BCUT2D eigenvalue weighted by Crippen LogP contribution is -2.31. The molecule has 9 heteroatoms. The number of nitrogens with one attached hydrogen (secondary N) is 1. The van der Waals surface area contributed by atoms with Crippen molar-refractivity contribution >= 4 is 5.78 Å². The molecule has 2 aromatic rings. The van der Waals surface area contributed by atoms with Crippen LogP contribution in [0.4, 0.5) is 0 Å². The van der Waals surface area contributed by atoms with Crippen LogP contribution in [0.25, 0.3) is 0 Å². The summed E-state index contributed by atoms with van der Waals surface area (Å²) in [5.74, 6) is 0.845. The number of Topliss-reactive ketones (excluding diaryl/α,β-unsaturated/α-hetero) is 1. The van der Waals surface area contributed by atoms with Crippen molar-refractivity contribution in [3.63, 3.8) is 0 Å². The predicted molar refractivity (Wildman–Crippen MR) is 158 cm³/mol. The van der Waals surface area contributed by atoms with Crippen LogP contribution < -0.4 is 0 Å². The average Bonchev–Trinajstić information content (AvgIpc) is 3.65. The molecular weight excluding hydrogens is 532 g/mol. The maximum atomic E-state index is 13.3. The molecule has 3 heterocycles. The molecule has 5 rings (SSSR count). The van der Waals surface area contributed by atoms with Crippen molar-refractivity contribution in [3.05, 3.63) is 66.0 Å². The van der Waals surface area contributed by atoms with Crippen molar-refractivity contribution < 1.29 is 23.7 Å². The maximum Gasteiger partial charge on any atom is 0.174 e. The zero-order valence-corrected chi connectivity index (χ0v) is 24.6. The SMILES string of the molecule is O=C1CC(OC2CCCCO2)C(C=CC(CCc2ccccc2)OC2CCCCO2)C1CC=CCCCc1nn[nH]n1. The molecule has 0 bridgehead atoms. The Labute approximate surface area is 249 Å². The van der Waals surface area contributed by atoms with Crippen LogP contribution in [0.2, 0.25) is 0 Å². The highest BCUT2D eigenvalue weighted by atomic mass is 16.7. The quantitative estimate of drug-likeness (QED) is 0.212. The van der Waals surface area contributed by atoms with Crippen molar-refractivity contribution in [3.8, 4) is 0 Å². The number of tetrazole rings is 1. The van der Waals surface area contributed by atoms with Crippen LogP contribution in [0.5, 0.6) is 0 Å². The minimum atomic E-state index is -0.229. The highest BCUT2D eigenvalue weighted by molar-refractivity contribution is 5.85. The number of hydrogen-bond donors (Lipinski definition) is 1. The van der Waals surface area contributed by atoms with Gasteiger partial charge in [0.2, 0.25) is 0 Å². The fraction of sp³-hybridized carbons (Fsp3) is 0.636. The number of H-pyrrole nitrogens is 1. The molecule has 1 aromatic heterocycles. The first-order chi connectivity index (χ1) is 20.7. The van der Waals surface area contributed by atoms with Gasteiger partial charge in [0.1, 0.15) is 5.78 Å². The number of hydrogen-bond acceptors (Lipinski definition) is 8. The van der Waals surface area contributed by atoms with Gasteiger partial charge in [0, 0.05) is 37.9 Å². The van der Waals surface area contributed by atoms with Crippen LogP contribution in [0.3, 0.4) is 0 Å². The molecule has 3 aliphatic rings. The van der Waals surface area contributed by atoms with Crippen LogP contribution >= 0.6 is 0 Å². The van der Waals surface area contributed by atoms with E-state index in [-0.39, 0.29) is 42.4 Å². The van der Waals surface area contributed by atoms with E-state index in [4.69, 9.17) is 18.9 Å². The number of rotatable bonds is 15. The Balaban J connectivity index is 1.24. The van der Waals surface area contributed by atoms with Gasteiger partial charge in [-0.15, -0.1) is 10.2 Å². The minimum Gasteiger partial charge on any atom is -0.353 e. The van der Waals surface area contributed by atoms with Crippen molar-refractivity contribution in [1.82, 2.24) is 20.6 Å². The first kappa shape index (κ1) is 30.7. The number of ketones is 1. The summed E-state index contributed by atoms with van der Waals surface area (Å²) in [6.07, 6.45) is 19.7. The van der Waals surface area contributed by atoms with E-state index >= 15 is 0 Å². The predicted octanol–water partition coefficient (Wildman–Crippen LogP) is 5.69. The summed E-state index contributed by atoms with van der Waals surface area (Å²) in [4.78, 5) is 13.3. The summed E-state index contributed by atoms with van der Waals surface area (Å²) in [7, 11) is 0. The Bertz CT molecular complexity index is 1100. The van der Waals surface area contributed by atoms with Crippen molar-refractivity contribution in [1.29, 1.82) is 0 Å². The summed E-state index contributed by atoms with van der Waals surface area (Å²) in [6, 6.07) is 10.5. The van der Waals surface area contributed by atoms with Gasteiger partial charge in [0.05, 0.1) is 12.2 Å². The Kier molecular flexibility index (Phi) is 12.3. The van der Waals surface area contributed by atoms with Gasteiger partial charge in [-0.3, -0.25) is 4.79 Å². The zero-order chi connectivity index (χ0) is 28.8. The Morgan fingerprint density at radius 2 is 1.81 bits per heavy atom. The fourth-order valence-corrected chi connectivity index (χ4v) is 6.11. The van der Waals surface area contributed by atoms with Crippen molar-refractivity contribution in [2.45, 2.75) is 108 Å². The van der Waals surface area contributed by atoms with Gasteiger partial charge >= 0.3 is 0 Å². The van der Waals surface area contributed by atoms with Crippen LogP contribution in [-0.4, -0.2) is 64.4 Å². The number of carbonyl (C=O) groups is 1. The van der Waals surface area contributed by atoms with Crippen LogP contribution in [0, 0.1) is 11.8 Å². The number of unbranched alkanes of at least 4 members (excludes halogenated alkanes) is 1. The van der Waals surface area contributed by atoms with Crippen LogP contribution in [0.1, 0.15) is 82.0 Å². The number of nitrogens with zero attached hydrogens (tertiary/aromatic N) is 3. The number of benzene rings is 1. The number of aromatic nitrogens is 4. The molecule has 6 unspecified atom stereocenters. The van der Waals surface area contributed by atoms with E-state index < -0.39 is 0 Å². The number of ether oxygens (including phenoxy) is 4. The van der Waals surface area contributed by atoms with Gasteiger partial charge in [-0.2, -0.15) is 5.21 Å². The van der Waals surface area contributed by atoms with E-state index in [9.17, 15) is 4.79 Å². The van der Waals surface area contributed by atoms with Crippen LogP contribution in [-0.2, 0) is 36.6 Å². The molecule has 0 radical (unpaired) electrons. The monoisotopic (exact) mass is 578 g/mol. The van der Waals surface area contributed by atoms with Gasteiger partial charge in [-0.25, -0.2) is 0 Å². The third-order valence-electron chi connectivity index (χ3n) is 8.46. The molecule has 0 amide bonds. The van der Waals surface area contributed by atoms with Gasteiger partial charge < -0.3 is 18.9 Å². The van der Waals surface area contributed by atoms with Crippen molar-refractivity contribution in [2.75, 3.05) is 13.2 Å². The molecule has 228 valence electrons. The Morgan fingerprint density at radius 3 is 2.55 bits per heavy atom. The topological polar surface area (TPSA) is 108 Å². The lowest BCUT2D eigenvalue weighted by molar-refractivity contribution is -0.192. The molecule has 2 saturated heterocycles. The first-order valence-corrected chi connectivity index (χ1v) is 15.9. The lowest BCUT2D eigenvalue weighted by Gasteiger charge is -2.29. The smallest absolute Gasteiger partial charge is 0.174 e. The fourth-order valence-electron chi connectivity index (χ4n) is 6.11. The van der Waals surface area contributed by atoms with E-state index in [0.29, 0.717) is 12.8 Å². The van der Waals surface area contributed by atoms with Gasteiger partial charge in [0.15, 0.2) is 18.4 Å². The molecule has 1 aliphatic carbocycles. The van der Waals surface area contributed by atoms with E-state index in [2.05, 4.69) is 69.2 Å². The largest absolute Gasteiger partial charge is 0.353 e. The van der Waals surface area contributed by atoms with Gasteiger partial charge in [-0.1, -0.05) is 59.8 Å². The van der Waals surface area contributed by atoms with Gasteiger partial charge in [-0.05, 0) is 76.2 Å². The van der Waals surface area contributed by atoms with E-state index in [1.807, 2.05) is 6.07 Å². The molecule has 1 saturated carbocycles. The molecule has 2 aliphatic heterocycles. The Morgan fingerprint density at radius 1 is 1.00 bits per heavy atom. The second-order valence-electron chi connectivity index (χ2n) is 11.6. The third kappa shape index (κ3) is 9.66. The molecule has 0 spiro atoms. The lowest BCUT2D eigenvalue weighted by atomic mass is 9.90. The summed E-state index contributed by atoms with van der Waals surface area (Å²) >= 11 is 0. The molecular formula is C33H46N4O5. The minimum absolute atomic E-state index is 0.0258. The maximum absolute atomic E-state index is 13.3. The van der Waals surface area contributed by atoms with E-state index in [0.717, 1.165) is 89.7 Å². The summed E-state index contributed by atoms with van der Waals surface area (Å²) in [5, 5.41) is 14.1. The number of allylic oxidation sites excluding steroid dienone is 2. The van der Waals surface area contributed by atoms with E-state index in [1.165, 1.54) is 5.56 Å². The van der Waals surface area contributed by atoms with E-state index in [1.54, 1.807) is 0 Å².